The van der Waals surface area contributed by atoms with E-state index in [4.69, 9.17) is 4.74 Å². The van der Waals surface area contributed by atoms with Gasteiger partial charge in [-0.2, -0.15) is 0 Å². The van der Waals surface area contributed by atoms with Crippen LogP contribution in [0, 0.1) is 12.7 Å². The molecule has 0 atom stereocenters. The summed E-state index contributed by atoms with van der Waals surface area (Å²) >= 11 is 0. The van der Waals surface area contributed by atoms with Crippen molar-refractivity contribution in [2.24, 2.45) is 0 Å². The number of aromatic amines is 1. The Morgan fingerprint density at radius 1 is 1.13 bits per heavy atom. The molecule has 4 aromatic rings. The lowest BCUT2D eigenvalue weighted by Gasteiger charge is -2.21. The van der Waals surface area contributed by atoms with Crippen LogP contribution in [0.15, 0.2) is 53.4 Å². The van der Waals surface area contributed by atoms with Gasteiger partial charge < -0.3 is 25.3 Å². The summed E-state index contributed by atoms with van der Waals surface area (Å²) in [7, 11) is -1.86. The van der Waals surface area contributed by atoms with Crippen LogP contribution in [-0.2, 0) is 16.4 Å². The van der Waals surface area contributed by atoms with Crippen LogP contribution in [0.5, 0.6) is 5.75 Å². The molecule has 0 bridgehead atoms. The van der Waals surface area contributed by atoms with Gasteiger partial charge in [-0.05, 0) is 67.1 Å². The highest BCUT2D eigenvalue weighted by molar-refractivity contribution is 7.90. The monoisotopic (exact) mass is 551 g/mol. The molecule has 1 aliphatic heterocycles. The second kappa shape index (κ2) is 10.7. The summed E-state index contributed by atoms with van der Waals surface area (Å²) in [6.07, 6.45) is 0.943. The molecule has 0 saturated heterocycles. The average molecular weight is 552 g/mol. The fourth-order valence-electron chi connectivity index (χ4n) is 4.67. The number of fused-ring (bicyclic) bond motifs is 2. The standard InChI is InChI=1S/C28H30FN5O4S/c1-17-21(6-9-25(26(17)29)39(3,36)37)27(35)34-12-13-38-24-8-5-18(14-20(24)16-34)19-4-7-22-23(15-19)33-28(32-22)31-11-10-30-2/h4-9,14-15,30H,10-13,16H2,1-3H3,(H2,31,32,33). The highest BCUT2D eigenvalue weighted by Gasteiger charge is 2.26. The van der Waals surface area contributed by atoms with Crippen molar-refractivity contribution in [3.05, 3.63) is 71.0 Å². The quantitative estimate of drug-likeness (QED) is 0.300. The minimum Gasteiger partial charge on any atom is -0.491 e. The maximum absolute atomic E-state index is 14.8. The molecule has 204 valence electrons. The number of imidazole rings is 1. The molecule has 3 N–H and O–H groups in total. The molecule has 11 heteroatoms. The number of nitrogens with zero attached hydrogens (tertiary/aromatic N) is 2. The van der Waals surface area contributed by atoms with Gasteiger partial charge in [0.25, 0.3) is 5.91 Å². The Hall–Kier alpha value is -3.96. The summed E-state index contributed by atoms with van der Waals surface area (Å²) in [4.78, 5) is 22.5. The first-order chi connectivity index (χ1) is 18.7. The Morgan fingerprint density at radius 3 is 2.67 bits per heavy atom. The Balaban J connectivity index is 1.41. The number of carbonyl (C=O) groups is 1. The van der Waals surface area contributed by atoms with Crippen LogP contribution in [0.1, 0.15) is 21.5 Å². The number of benzene rings is 3. The summed E-state index contributed by atoms with van der Waals surface area (Å²) in [5.41, 5.74) is 4.64. The molecule has 0 saturated carbocycles. The maximum atomic E-state index is 14.8. The minimum absolute atomic E-state index is 0.00902. The molecule has 0 radical (unpaired) electrons. The van der Waals surface area contributed by atoms with Gasteiger partial charge in [-0.25, -0.2) is 17.8 Å². The molecular formula is C28H30FN5O4S. The Kier molecular flexibility index (Phi) is 7.28. The topological polar surface area (TPSA) is 116 Å². The first-order valence-electron chi connectivity index (χ1n) is 12.6. The van der Waals surface area contributed by atoms with Gasteiger partial charge in [-0.15, -0.1) is 0 Å². The summed E-state index contributed by atoms with van der Waals surface area (Å²) < 4.78 is 44.5. The number of likely N-dealkylation sites (N-methyl/N-ethyl adjacent to an activating group) is 1. The number of sulfone groups is 1. The van der Waals surface area contributed by atoms with Gasteiger partial charge in [0.15, 0.2) is 9.84 Å². The molecule has 0 aliphatic carbocycles. The van der Waals surface area contributed by atoms with E-state index in [0.29, 0.717) is 18.2 Å². The summed E-state index contributed by atoms with van der Waals surface area (Å²) in [6.45, 7) is 3.84. The first-order valence-corrected chi connectivity index (χ1v) is 14.5. The van der Waals surface area contributed by atoms with Crippen molar-refractivity contribution in [3.63, 3.8) is 0 Å². The Bertz CT molecular complexity index is 1670. The van der Waals surface area contributed by atoms with Gasteiger partial charge in [0.05, 0.1) is 17.6 Å². The lowest BCUT2D eigenvalue weighted by Crippen LogP contribution is -2.33. The zero-order valence-corrected chi connectivity index (χ0v) is 22.8. The van der Waals surface area contributed by atoms with Crippen molar-refractivity contribution < 1.29 is 22.3 Å². The van der Waals surface area contributed by atoms with Crippen LogP contribution >= 0.6 is 0 Å². The van der Waals surface area contributed by atoms with Gasteiger partial charge in [-0.1, -0.05) is 12.1 Å². The van der Waals surface area contributed by atoms with E-state index in [2.05, 4.69) is 20.6 Å². The van der Waals surface area contributed by atoms with Gasteiger partial charge in [0.2, 0.25) is 5.95 Å². The van der Waals surface area contributed by atoms with Crippen molar-refractivity contribution >= 4 is 32.7 Å². The number of H-pyrrole nitrogens is 1. The second-order valence-electron chi connectivity index (χ2n) is 9.57. The first kappa shape index (κ1) is 26.6. The highest BCUT2D eigenvalue weighted by atomic mass is 32.2. The van der Waals surface area contributed by atoms with E-state index < -0.39 is 20.5 Å². The van der Waals surface area contributed by atoms with E-state index in [1.54, 1.807) is 4.90 Å². The van der Waals surface area contributed by atoms with E-state index in [1.165, 1.54) is 13.0 Å². The van der Waals surface area contributed by atoms with E-state index in [-0.39, 0.29) is 30.2 Å². The van der Waals surface area contributed by atoms with Crippen LogP contribution in [0.25, 0.3) is 22.2 Å². The van der Waals surface area contributed by atoms with Gasteiger partial charge in [0.1, 0.15) is 23.1 Å². The van der Waals surface area contributed by atoms with E-state index in [1.807, 2.05) is 43.4 Å². The number of halogens is 1. The molecule has 0 spiro atoms. The number of anilines is 1. The van der Waals surface area contributed by atoms with Crippen molar-refractivity contribution in [1.29, 1.82) is 0 Å². The third-order valence-corrected chi connectivity index (χ3v) is 7.91. The van der Waals surface area contributed by atoms with Crippen molar-refractivity contribution in [2.75, 3.05) is 44.9 Å². The number of amides is 1. The lowest BCUT2D eigenvalue weighted by atomic mass is 10.0. The molecular weight excluding hydrogens is 521 g/mol. The molecule has 39 heavy (non-hydrogen) atoms. The lowest BCUT2D eigenvalue weighted by molar-refractivity contribution is 0.0731. The maximum Gasteiger partial charge on any atom is 0.254 e. The number of hydrogen-bond donors (Lipinski definition) is 3. The van der Waals surface area contributed by atoms with Crippen LogP contribution < -0.4 is 15.4 Å². The van der Waals surface area contributed by atoms with Crippen LogP contribution in [0.3, 0.4) is 0 Å². The molecule has 0 fully saturated rings. The van der Waals surface area contributed by atoms with E-state index >= 15 is 0 Å². The molecule has 3 aromatic carbocycles. The van der Waals surface area contributed by atoms with Crippen molar-refractivity contribution in [3.8, 4) is 16.9 Å². The van der Waals surface area contributed by atoms with Crippen molar-refractivity contribution in [2.45, 2.75) is 18.4 Å². The Labute approximate surface area is 226 Å². The normalized spacial score (nSPS) is 13.6. The number of aromatic nitrogens is 2. The van der Waals surface area contributed by atoms with Crippen molar-refractivity contribution in [1.82, 2.24) is 20.2 Å². The molecule has 1 aliphatic rings. The molecule has 1 aromatic heterocycles. The van der Waals surface area contributed by atoms with E-state index in [0.717, 1.165) is 53.1 Å². The largest absolute Gasteiger partial charge is 0.491 e. The molecule has 2 heterocycles. The zero-order chi connectivity index (χ0) is 27.7. The summed E-state index contributed by atoms with van der Waals surface area (Å²) in [5.74, 6) is 0.110. The zero-order valence-electron chi connectivity index (χ0n) is 22.0. The number of ether oxygens (including phenoxy) is 1. The number of nitrogens with one attached hydrogen (secondary N) is 3. The molecule has 1 amide bonds. The third-order valence-electron chi connectivity index (χ3n) is 6.79. The predicted molar refractivity (Wildman–Crippen MR) is 148 cm³/mol. The van der Waals surface area contributed by atoms with E-state index in [9.17, 15) is 17.6 Å². The van der Waals surface area contributed by atoms with Crippen LogP contribution in [0.4, 0.5) is 10.3 Å². The third kappa shape index (κ3) is 5.45. The predicted octanol–water partition coefficient (Wildman–Crippen LogP) is 3.75. The highest BCUT2D eigenvalue weighted by Crippen LogP contribution is 2.32. The molecule has 9 nitrogen and oxygen atoms in total. The number of rotatable bonds is 7. The van der Waals surface area contributed by atoms with Crippen LogP contribution in [0.2, 0.25) is 0 Å². The molecule has 5 rings (SSSR count). The minimum atomic E-state index is -3.75. The SMILES string of the molecule is CNCCNc1nc2ccc(-c3ccc4c(c3)CN(C(=O)c3ccc(S(C)(=O)=O)c(F)c3C)CCO4)cc2[nH]1. The fourth-order valence-corrected chi connectivity index (χ4v) is 5.47. The van der Waals surface area contributed by atoms with Gasteiger partial charge in [-0.3, -0.25) is 4.79 Å². The number of hydrogen-bond acceptors (Lipinski definition) is 7. The number of carbonyl (C=O) groups excluding carboxylic acids is 1. The van der Waals surface area contributed by atoms with Gasteiger partial charge >= 0.3 is 0 Å². The summed E-state index contributed by atoms with van der Waals surface area (Å²) in [6, 6.07) is 14.4. The fraction of sp³-hybridized carbons (Fsp3) is 0.286. The van der Waals surface area contributed by atoms with Crippen LogP contribution in [-0.4, -0.2) is 68.7 Å². The average Bonchev–Trinajstić information content (AvgIpc) is 3.18. The Morgan fingerprint density at radius 2 is 1.90 bits per heavy atom. The second-order valence-corrected chi connectivity index (χ2v) is 11.6. The summed E-state index contributed by atoms with van der Waals surface area (Å²) in [5, 5.41) is 6.34. The van der Waals surface area contributed by atoms with Gasteiger partial charge in [0, 0.05) is 37.0 Å². The smallest absolute Gasteiger partial charge is 0.254 e. The molecule has 0 unspecified atom stereocenters.